The monoisotopic (exact) mass is 261 g/mol. The molecular weight excluding hydrogens is 251 g/mol. The highest BCUT2D eigenvalue weighted by Crippen LogP contribution is 2.36. The van der Waals surface area contributed by atoms with E-state index in [1.54, 1.807) is 0 Å². The minimum absolute atomic E-state index is 0.193. The van der Waals surface area contributed by atoms with Gasteiger partial charge < -0.3 is 4.74 Å². The number of benzene rings is 1. The van der Waals surface area contributed by atoms with Crippen molar-refractivity contribution >= 4 is 12.2 Å². The van der Waals surface area contributed by atoms with E-state index in [9.17, 15) is 18.0 Å². The van der Waals surface area contributed by atoms with Gasteiger partial charge in [-0.1, -0.05) is 17.4 Å². The predicted octanol–water partition coefficient (Wildman–Crippen LogP) is 2.77. The largest absolute Gasteiger partial charge is 0.445 e. The Morgan fingerprint density at radius 2 is 2.06 bits per heavy atom. The van der Waals surface area contributed by atoms with E-state index in [0.717, 1.165) is 11.1 Å². The molecule has 0 heterocycles. The van der Waals surface area contributed by atoms with Crippen LogP contribution in [0.15, 0.2) is 34.6 Å². The summed E-state index contributed by atoms with van der Waals surface area (Å²) in [6.45, 7) is 0.0108. The third-order valence-electron chi connectivity index (χ3n) is 1.84. The fourth-order valence-electron chi connectivity index (χ4n) is 1.09. The Kier molecular flexibility index (Phi) is 4.64. The zero-order chi connectivity index (χ0) is 13.6. The maximum Gasteiger partial charge on any atom is 0.418 e. The molecule has 5 nitrogen and oxygen atoms in total. The number of carbonyl (C=O) groups excluding carboxylic acids is 1. The molecule has 1 aromatic carbocycles. The molecule has 0 radical (unpaired) electrons. The van der Waals surface area contributed by atoms with Crippen molar-refractivity contribution in [3.63, 3.8) is 0 Å². The predicted molar refractivity (Wildman–Crippen MR) is 55.7 cm³/mol. The van der Waals surface area contributed by atoms with Gasteiger partial charge >= 0.3 is 6.18 Å². The molecule has 0 amide bonds. The van der Waals surface area contributed by atoms with Crippen molar-refractivity contribution in [1.82, 2.24) is 5.01 Å². The first-order valence-corrected chi connectivity index (χ1v) is 4.79. The number of nitrogens with zero attached hydrogens (tertiary/aromatic N) is 3. The van der Waals surface area contributed by atoms with Crippen LogP contribution in [0.5, 0.6) is 0 Å². The van der Waals surface area contributed by atoms with Gasteiger partial charge in [0.1, 0.15) is 0 Å². The van der Waals surface area contributed by atoms with Crippen LogP contribution in [0.3, 0.4) is 0 Å². The molecule has 18 heavy (non-hydrogen) atoms. The maximum absolute atomic E-state index is 12.6. The second-order valence-electron chi connectivity index (χ2n) is 3.25. The number of rotatable bonds is 5. The Labute approximate surface area is 101 Å². The smallest absolute Gasteiger partial charge is 0.418 e. The zero-order valence-electron chi connectivity index (χ0n) is 9.39. The second-order valence-corrected chi connectivity index (χ2v) is 3.25. The van der Waals surface area contributed by atoms with Crippen LogP contribution >= 0.6 is 0 Å². The van der Waals surface area contributed by atoms with Gasteiger partial charge in [-0.3, -0.25) is 4.79 Å². The molecule has 0 fully saturated rings. The zero-order valence-corrected chi connectivity index (χ0v) is 9.39. The van der Waals surface area contributed by atoms with Gasteiger partial charge in [-0.15, -0.1) is 5.11 Å². The van der Waals surface area contributed by atoms with E-state index in [1.165, 1.54) is 25.2 Å². The number of ether oxygens (including phenoxy) is 1. The van der Waals surface area contributed by atoms with Gasteiger partial charge in [0.2, 0.25) is 0 Å². The van der Waals surface area contributed by atoms with Crippen LogP contribution in [0, 0.1) is 0 Å². The summed E-state index contributed by atoms with van der Waals surface area (Å²) >= 11 is 0. The second kappa shape index (κ2) is 5.99. The molecule has 0 aliphatic rings. The van der Waals surface area contributed by atoms with Gasteiger partial charge in [-0.25, -0.2) is 5.01 Å². The fraction of sp³-hybridized carbons (Fsp3) is 0.300. The molecule has 1 rings (SSSR count). The first kappa shape index (κ1) is 13.9. The van der Waals surface area contributed by atoms with Gasteiger partial charge in [0, 0.05) is 7.05 Å². The summed E-state index contributed by atoms with van der Waals surface area (Å²) in [7, 11) is 1.41. The lowest BCUT2D eigenvalue weighted by Gasteiger charge is -2.11. The van der Waals surface area contributed by atoms with Crippen LogP contribution in [0.2, 0.25) is 0 Å². The molecule has 0 aliphatic carbocycles. The lowest BCUT2D eigenvalue weighted by atomic mass is 10.2. The molecule has 0 N–H and O–H groups in total. The van der Waals surface area contributed by atoms with Gasteiger partial charge in [-0.2, -0.15) is 13.2 Å². The molecular formula is C10H10F3N3O2. The molecule has 0 atom stereocenters. The normalized spacial score (nSPS) is 11.6. The van der Waals surface area contributed by atoms with E-state index in [-0.39, 0.29) is 18.9 Å². The molecule has 8 heteroatoms. The molecule has 98 valence electrons. The molecule has 0 bridgehead atoms. The molecule has 0 spiro atoms. The average molecular weight is 261 g/mol. The molecule has 0 aromatic heterocycles. The summed E-state index contributed by atoms with van der Waals surface area (Å²) in [4.78, 5) is 9.90. The summed E-state index contributed by atoms with van der Waals surface area (Å²) < 4.78 is 42.1. The van der Waals surface area contributed by atoms with Gasteiger partial charge in [0.15, 0.2) is 6.73 Å². The summed E-state index contributed by atoms with van der Waals surface area (Å²) in [6, 6.07) is 4.80. The standard InChI is InChI=1S/C10H10F3N3O2/c1-16(6-18-7-17)15-14-9-5-3-2-4-8(9)10(11,12)13/h2-5,7H,6H2,1H3. The average Bonchev–Trinajstić information content (AvgIpc) is 2.33. The fourth-order valence-corrected chi connectivity index (χ4v) is 1.09. The maximum atomic E-state index is 12.6. The van der Waals surface area contributed by atoms with Crippen LogP contribution in [-0.2, 0) is 15.7 Å². The minimum atomic E-state index is -4.49. The van der Waals surface area contributed by atoms with Crippen LogP contribution in [0.4, 0.5) is 18.9 Å². The van der Waals surface area contributed by atoms with Crippen molar-refractivity contribution < 1.29 is 22.7 Å². The number of halogens is 3. The van der Waals surface area contributed by atoms with Gasteiger partial charge in [0.05, 0.1) is 11.3 Å². The van der Waals surface area contributed by atoms with Crippen LogP contribution in [0.25, 0.3) is 0 Å². The highest BCUT2D eigenvalue weighted by atomic mass is 19.4. The lowest BCUT2D eigenvalue weighted by molar-refractivity contribution is -0.137. The number of carbonyl (C=O) groups is 1. The molecule has 0 aliphatic heterocycles. The van der Waals surface area contributed by atoms with E-state index >= 15 is 0 Å². The Morgan fingerprint density at radius 1 is 1.39 bits per heavy atom. The highest BCUT2D eigenvalue weighted by Gasteiger charge is 2.33. The first-order chi connectivity index (χ1) is 8.45. The van der Waals surface area contributed by atoms with E-state index in [4.69, 9.17) is 0 Å². The summed E-state index contributed by atoms with van der Waals surface area (Å²) in [5.41, 5.74) is -1.18. The topological polar surface area (TPSA) is 54.3 Å². The SMILES string of the molecule is CN(COC=O)N=Nc1ccccc1C(F)(F)F. The Bertz CT molecular complexity index is 435. The highest BCUT2D eigenvalue weighted by molar-refractivity contribution is 5.46. The quantitative estimate of drug-likeness (QED) is 0.354. The van der Waals surface area contributed by atoms with Crippen molar-refractivity contribution in [3.8, 4) is 0 Å². The molecule has 0 saturated heterocycles. The van der Waals surface area contributed by atoms with Crippen LogP contribution in [-0.4, -0.2) is 25.3 Å². The molecule has 0 unspecified atom stereocenters. The molecule has 1 aromatic rings. The van der Waals surface area contributed by atoms with Crippen molar-refractivity contribution in [2.75, 3.05) is 13.8 Å². The summed E-state index contributed by atoms with van der Waals surface area (Å²) in [5.74, 6) is 0. The molecule has 0 saturated carbocycles. The van der Waals surface area contributed by atoms with Crippen molar-refractivity contribution in [2.45, 2.75) is 6.18 Å². The number of hydrogen-bond donors (Lipinski definition) is 0. The third kappa shape index (κ3) is 4.04. The van der Waals surface area contributed by atoms with Crippen molar-refractivity contribution in [1.29, 1.82) is 0 Å². The van der Waals surface area contributed by atoms with Crippen LogP contribution in [0.1, 0.15) is 5.56 Å². The first-order valence-electron chi connectivity index (χ1n) is 4.79. The van der Waals surface area contributed by atoms with Gasteiger partial charge in [0.25, 0.3) is 6.47 Å². The lowest BCUT2D eigenvalue weighted by Crippen LogP contribution is -2.14. The van der Waals surface area contributed by atoms with Crippen molar-refractivity contribution in [3.05, 3.63) is 29.8 Å². The van der Waals surface area contributed by atoms with E-state index in [2.05, 4.69) is 15.1 Å². The number of hydrogen-bond acceptors (Lipinski definition) is 4. The number of alkyl halides is 3. The third-order valence-corrected chi connectivity index (χ3v) is 1.84. The summed E-state index contributed by atoms with van der Waals surface area (Å²) in [5, 5.41) is 8.03. The van der Waals surface area contributed by atoms with E-state index in [0.29, 0.717) is 0 Å². The Hall–Kier alpha value is -2.12. The minimum Gasteiger partial charge on any atom is -0.445 e. The Balaban J connectivity index is 2.84. The summed E-state index contributed by atoms with van der Waals surface area (Å²) in [6.07, 6.45) is -4.49. The Morgan fingerprint density at radius 3 is 2.67 bits per heavy atom. The van der Waals surface area contributed by atoms with Crippen LogP contribution < -0.4 is 0 Å². The van der Waals surface area contributed by atoms with E-state index < -0.39 is 11.7 Å². The van der Waals surface area contributed by atoms with Crippen molar-refractivity contribution in [2.24, 2.45) is 10.3 Å². The van der Waals surface area contributed by atoms with E-state index in [1.807, 2.05) is 0 Å². The van der Waals surface area contributed by atoms with Gasteiger partial charge in [-0.05, 0) is 12.1 Å².